The van der Waals surface area contributed by atoms with Gasteiger partial charge in [-0.15, -0.1) is 0 Å². The fraction of sp³-hybridized carbons (Fsp3) is 1.00. The lowest BCUT2D eigenvalue weighted by atomic mass is 9.81. The Kier molecular flexibility index (Phi) is 4.66. The molecule has 2 N–H and O–H groups in total. The van der Waals surface area contributed by atoms with Crippen LogP contribution in [0.15, 0.2) is 0 Å². The standard InChI is InChI=1S/C14H28N2/c1-2-12-6-3-4-7-14(12)16(11-5-10-15)13-8-9-13/h12-14H,2-11,15H2,1H3. The Labute approximate surface area is 101 Å². The predicted octanol–water partition coefficient (Wildman–Crippen LogP) is 2.77. The van der Waals surface area contributed by atoms with Crippen molar-refractivity contribution in [2.75, 3.05) is 13.1 Å². The molecule has 2 aliphatic carbocycles. The van der Waals surface area contributed by atoms with Gasteiger partial charge in [-0.2, -0.15) is 0 Å². The number of hydrogen-bond acceptors (Lipinski definition) is 2. The number of nitrogens with two attached hydrogens (primary N) is 1. The summed E-state index contributed by atoms with van der Waals surface area (Å²) in [5.74, 6) is 0.965. The smallest absolute Gasteiger partial charge is 0.0126 e. The highest BCUT2D eigenvalue weighted by atomic mass is 15.2. The van der Waals surface area contributed by atoms with Crippen molar-refractivity contribution in [2.24, 2.45) is 11.7 Å². The molecule has 0 heterocycles. The van der Waals surface area contributed by atoms with Crippen molar-refractivity contribution < 1.29 is 0 Å². The second-order valence-corrected chi connectivity index (χ2v) is 5.63. The maximum Gasteiger partial charge on any atom is 0.0126 e. The van der Waals surface area contributed by atoms with E-state index in [1.54, 1.807) is 0 Å². The Balaban J connectivity index is 1.93. The third-order valence-electron chi connectivity index (χ3n) is 4.46. The average Bonchev–Trinajstić information content (AvgIpc) is 3.14. The van der Waals surface area contributed by atoms with Gasteiger partial charge < -0.3 is 5.73 Å². The number of rotatable bonds is 6. The predicted molar refractivity (Wildman–Crippen MR) is 69.4 cm³/mol. The molecule has 0 aliphatic heterocycles. The molecular weight excluding hydrogens is 196 g/mol. The molecule has 0 radical (unpaired) electrons. The second kappa shape index (κ2) is 6.02. The topological polar surface area (TPSA) is 29.3 Å². The summed E-state index contributed by atoms with van der Waals surface area (Å²) in [4.78, 5) is 2.82. The van der Waals surface area contributed by atoms with Crippen LogP contribution in [0.5, 0.6) is 0 Å². The Hall–Kier alpha value is -0.0800. The molecule has 16 heavy (non-hydrogen) atoms. The monoisotopic (exact) mass is 224 g/mol. The molecule has 2 aliphatic rings. The quantitative estimate of drug-likeness (QED) is 0.751. The molecule has 2 atom stereocenters. The maximum absolute atomic E-state index is 5.67. The lowest BCUT2D eigenvalue weighted by Gasteiger charge is -2.40. The number of nitrogens with zero attached hydrogens (tertiary/aromatic N) is 1. The van der Waals surface area contributed by atoms with Gasteiger partial charge in [-0.3, -0.25) is 4.90 Å². The molecule has 0 spiro atoms. The van der Waals surface area contributed by atoms with E-state index in [0.717, 1.165) is 24.5 Å². The zero-order chi connectivity index (χ0) is 11.4. The van der Waals surface area contributed by atoms with Gasteiger partial charge in [-0.25, -0.2) is 0 Å². The van der Waals surface area contributed by atoms with Gasteiger partial charge in [0.2, 0.25) is 0 Å². The minimum atomic E-state index is 0.854. The summed E-state index contributed by atoms with van der Waals surface area (Å²) in [5.41, 5.74) is 5.67. The summed E-state index contributed by atoms with van der Waals surface area (Å²) in [5, 5.41) is 0. The first-order chi connectivity index (χ1) is 7.86. The molecule has 2 saturated carbocycles. The third kappa shape index (κ3) is 2.98. The molecule has 2 heteroatoms. The largest absolute Gasteiger partial charge is 0.330 e. The minimum absolute atomic E-state index is 0.854. The molecule has 2 unspecified atom stereocenters. The van der Waals surface area contributed by atoms with Crippen LogP contribution in [-0.2, 0) is 0 Å². The SMILES string of the molecule is CCC1CCCCC1N(CCCN)C1CC1. The van der Waals surface area contributed by atoms with E-state index in [1.165, 1.54) is 57.9 Å². The van der Waals surface area contributed by atoms with Crippen molar-refractivity contribution in [2.45, 2.75) is 70.4 Å². The van der Waals surface area contributed by atoms with Crippen LogP contribution in [0.4, 0.5) is 0 Å². The van der Waals surface area contributed by atoms with Crippen LogP contribution in [0.25, 0.3) is 0 Å². The first-order valence-electron chi connectivity index (χ1n) is 7.32. The Morgan fingerprint density at radius 1 is 1.12 bits per heavy atom. The molecule has 0 amide bonds. The molecule has 0 saturated heterocycles. The average molecular weight is 224 g/mol. The van der Waals surface area contributed by atoms with Crippen molar-refractivity contribution in [3.8, 4) is 0 Å². The Morgan fingerprint density at radius 2 is 1.88 bits per heavy atom. The third-order valence-corrected chi connectivity index (χ3v) is 4.46. The summed E-state index contributed by atoms with van der Waals surface area (Å²) >= 11 is 0. The fourth-order valence-corrected chi connectivity index (χ4v) is 3.40. The number of hydrogen-bond donors (Lipinski definition) is 1. The maximum atomic E-state index is 5.67. The lowest BCUT2D eigenvalue weighted by Crippen LogP contribution is -2.44. The summed E-state index contributed by atoms with van der Waals surface area (Å²) in [6, 6.07) is 1.81. The van der Waals surface area contributed by atoms with Crippen LogP contribution in [0.1, 0.15) is 58.3 Å². The lowest BCUT2D eigenvalue weighted by molar-refractivity contribution is 0.0927. The summed E-state index contributed by atoms with van der Waals surface area (Å²) < 4.78 is 0. The van der Waals surface area contributed by atoms with Gasteiger partial charge >= 0.3 is 0 Å². The van der Waals surface area contributed by atoms with E-state index in [9.17, 15) is 0 Å². The van der Waals surface area contributed by atoms with E-state index in [1.807, 2.05) is 0 Å². The van der Waals surface area contributed by atoms with Gasteiger partial charge in [-0.1, -0.05) is 26.2 Å². The van der Waals surface area contributed by atoms with E-state index in [4.69, 9.17) is 5.73 Å². The molecule has 94 valence electrons. The first-order valence-corrected chi connectivity index (χ1v) is 7.32. The molecule has 0 aromatic carbocycles. The van der Waals surface area contributed by atoms with Crippen LogP contribution >= 0.6 is 0 Å². The molecule has 0 bridgehead atoms. The van der Waals surface area contributed by atoms with Gasteiger partial charge in [0.05, 0.1) is 0 Å². The van der Waals surface area contributed by atoms with E-state index in [2.05, 4.69) is 11.8 Å². The van der Waals surface area contributed by atoms with Gasteiger partial charge in [0.1, 0.15) is 0 Å². The highest BCUT2D eigenvalue weighted by Gasteiger charge is 2.37. The van der Waals surface area contributed by atoms with E-state index < -0.39 is 0 Å². The molecule has 2 rings (SSSR count). The van der Waals surface area contributed by atoms with Crippen LogP contribution < -0.4 is 5.73 Å². The van der Waals surface area contributed by atoms with Gasteiger partial charge in [0.25, 0.3) is 0 Å². The highest BCUT2D eigenvalue weighted by Crippen LogP contribution is 2.37. The van der Waals surface area contributed by atoms with E-state index >= 15 is 0 Å². The van der Waals surface area contributed by atoms with Crippen LogP contribution in [0.2, 0.25) is 0 Å². The van der Waals surface area contributed by atoms with Gasteiger partial charge in [0.15, 0.2) is 0 Å². The fourth-order valence-electron chi connectivity index (χ4n) is 3.40. The second-order valence-electron chi connectivity index (χ2n) is 5.63. The van der Waals surface area contributed by atoms with Gasteiger partial charge in [-0.05, 0) is 51.1 Å². The molecule has 2 nitrogen and oxygen atoms in total. The summed E-state index contributed by atoms with van der Waals surface area (Å²) in [6.45, 7) is 4.48. The van der Waals surface area contributed by atoms with Crippen molar-refractivity contribution in [3.63, 3.8) is 0 Å². The van der Waals surface area contributed by atoms with Crippen molar-refractivity contribution in [3.05, 3.63) is 0 Å². The minimum Gasteiger partial charge on any atom is -0.330 e. The van der Waals surface area contributed by atoms with E-state index in [0.29, 0.717) is 0 Å². The summed E-state index contributed by atoms with van der Waals surface area (Å²) in [6.07, 6.45) is 11.3. The van der Waals surface area contributed by atoms with Gasteiger partial charge in [0, 0.05) is 12.1 Å². The molecular formula is C14H28N2. The van der Waals surface area contributed by atoms with Crippen LogP contribution in [0.3, 0.4) is 0 Å². The van der Waals surface area contributed by atoms with Crippen LogP contribution in [-0.4, -0.2) is 30.1 Å². The van der Waals surface area contributed by atoms with E-state index in [-0.39, 0.29) is 0 Å². The molecule has 0 aromatic rings. The first kappa shape index (κ1) is 12.4. The van der Waals surface area contributed by atoms with Crippen molar-refractivity contribution in [1.82, 2.24) is 4.90 Å². The molecule has 2 fully saturated rings. The van der Waals surface area contributed by atoms with Crippen LogP contribution in [0, 0.1) is 5.92 Å². The van der Waals surface area contributed by atoms with Crippen molar-refractivity contribution >= 4 is 0 Å². The molecule has 0 aromatic heterocycles. The Bertz CT molecular complexity index is 201. The normalized spacial score (nSPS) is 30.9. The zero-order valence-electron chi connectivity index (χ0n) is 10.8. The van der Waals surface area contributed by atoms with Crippen molar-refractivity contribution in [1.29, 1.82) is 0 Å². The zero-order valence-corrected chi connectivity index (χ0v) is 10.8. The Morgan fingerprint density at radius 3 is 2.50 bits per heavy atom. The highest BCUT2D eigenvalue weighted by molar-refractivity contribution is 4.92. The summed E-state index contributed by atoms with van der Waals surface area (Å²) in [7, 11) is 0.